The lowest BCUT2D eigenvalue weighted by molar-refractivity contribution is -0.274. The quantitative estimate of drug-likeness (QED) is 0.294. The number of carbonyl (C=O) groups excluding carboxylic acids is 2. The molecule has 0 aliphatic carbocycles. The minimum atomic E-state index is -4.98. The molecule has 1 heterocycles. The molecule has 0 saturated heterocycles. The van der Waals surface area contributed by atoms with E-state index in [0.717, 1.165) is 16.7 Å². The molecule has 0 radical (unpaired) electrons. The second-order valence-electron chi connectivity index (χ2n) is 9.71. The van der Waals surface area contributed by atoms with Gasteiger partial charge in [0.05, 0.1) is 24.9 Å². The van der Waals surface area contributed by atoms with Crippen molar-refractivity contribution in [3.8, 4) is 22.6 Å². The molecular weight excluding hydrogens is 539 g/mol. The van der Waals surface area contributed by atoms with E-state index in [2.05, 4.69) is 4.74 Å². The summed E-state index contributed by atoms with van der Waals surface area (Å²) in [4.78, 5) is 38.2. The van der Waals surface area contributed by atoms with Crippen LogP contribution in [0.25, 0.3) is 11.1 Å². The third-order valence-corrected chi connectivity index (χ3v) is 5.81. The molecular formula is C28H27ClF3NO6. The largest absolute Gasteiger partial charge is 0.573 e. The monoisotopic (exact) mass is 565 g/mol. The van der Waals surface area contributed by atoms with Gasteiger partial charge in [-0.1, -0.05) is 23.7 Å². The molecule has 1 aromatic heterocycles. The molecule has 0 spiro atoms. The first-order chi connectivity index (χ1) is 18.1. The van der Waals surface area contributed by atoms with Crippen LogP contribution >= 0.6 is 11.6 Å². The molecule has 0 aliphatic rings. The standard InChI is InChI=1S/C28H27ClF3NO6/c1-16(22(34)12-17-6-8-18(9-7-17)26(36)39-27(2,3)4)33-15-24(37-5)21(14-25(33)35)20-13-19(29)10-11-23(20)38-28(30,31)32/h6-11,13-16H,12H2,1-5H3. The van der Waals surface area contributed by atoms with Crippen molar-refractivity contribution < 1.29 is 37.0 Å². The number of esters is 1. The number of hydrogen-bond donors (Lipinski definition) is 0. The molecule has 3 rings (SSSR count). The smallest absolute Gasteiger partial charge is 0.495 e. The first-order valence-corrected chi connectivity index (χ1v) is 12.2. The summed E-state index contributed by atoms with van der Waals surface area (Å²) in [6, 6.07) is 9.96. The van der Waals surface area contributed by atoms with Gasteiger partial charge in [-0.3, -0.25) is 9.59 Å². The number of hydrogen-bond acceptors (Lipinski definition) is 6. The molecule has 0 bridgehead atoms. The predicted molar refractivity (Wildman–Crippen MR) is 139 cm³/mol. The van der Waals surface area contributed by atoms with E-state index in [4.69, 9.17) is 21.1 Å². The van der Waals surface area contributed by atoms with Crippen LogP contribution in [0.15, 0.2) is 59.5 Å². The fourth-order valence-corrected chi connectivity index (χ4v) is 3.90. The summed E-state index contributed by atoms with van der Waals surface area (Å²) in [6.45, 7) is 6.79. The maximum absolute atomic E-state index is 13.0. The first-order valence-electron chi connectivity index (χ1n) is 11.8. The Morgan fingerprint density at radius 3 is 2.15 bits per heavy atom. The van der Waals surface area contributed by atoms with E-state index in [1.54, 1.807) is 45.0 Å². The normalized spacial score (nSPS) is 12.5. The Balaban J connectivity index is 1.87. The number of halogens is 4. The number of nitrogens with zero attached hydrogens (tertiary/aromatic N) is 1. The number of carbonyl (C=O) groups is 2. The Kier molecular flexibility index (Phi) is 8.80. The van der Waals surface area contributed by atoms with Gasteiger partial charge in [-0.25, -0.2) is 4.79 Å². The first kappa shape index (κ1) is 29.8. The van der Waals surface area contributed by atoms with Gasteiger partial charge in [0, 0.05) is 28.6 Å². The van der Waals surface area contributed by atoms with Gasteiger partial charge in [0.2, 0.25) is 0 Å². The number of alkyl halides is 3. The maximum Gasteiger partial charge on any atom is 0.573 e. The van der Waals surface area contributed by atoms with Gasteiger partial charge < -0.3 is 18.8 Å². The van der Waals surface area contributed by atoms with Crippen LogP contribution in [0.4, 0.5) is 13.2 Å². The molecule has 1 unspecified atom stereocenters. The summed E-state index contributed by atoms with van der Waals surface area (Å²) in [5, 5.41) is 0.118. The summed E-state index contributed by atoms with van der Waals surface area (Å²) in [6.07, 6.45) is -3.76. The van der Waals surface area contributed by atoms with E-state index in [9.17, 15) is 27.6 Å². The second kappa shape index (κ2) is 11.5. The molecule has 0 saturated carbocycles. The lowest BCUT2D eigenvalue weighted by atomic mass is 10.0. The SMILES string of the molecule is COc1cn(C(C)C(=O)Cc2ccc(C(=O)OC(C)(C)C)cc2)c(=O)cc1-c1cc(Cl)ccc1OC(F)(F)F. The molecule has 208 valence electrons. The molecule has 7 nitrogen and oxygen atoms in total. The Bertz CT molecular complexity index is 1430. The van der Waals surface area contributed by atoms with Crippen LogP contribution < -0.4 is 15.0 Å². The van der Waals surface area contributed by atoms with Crippen molar-refractivity contribution in [1.82, 2.24) is 4.57 Å². The molecule has 11 heteroatoms. The molecule has 39 heavy (non-hydrogen) atoms. The van der Waals surface area contributed by atoms with E-state index in [0.29, 0.717) is 11.1 Å². The van der Waals surface area contributed by atoms with Crippen LogP contribution in [0.1, 0.15) is 49.7 Å². The predicted octanol–water partition coefficient (Wildman–Crippen LogP) is 6.40. The van der Waals surface area contributed by atoms with Crippen molar-refractivity contribution in [3.63, 3.8) is 0 Å². The summed E-state index contributed by atoms with van der Waals surface area (Å²) in [5.41, 5.74) is -0.443. The van der Waals surface area contributed by atoms with Crippen LogP contribution in [0, 0.1) is 0 Å². The highest BCUT2D eigenvalue weighted by atomic mass is 35.5. The van der Waals surface area contributed by atoms with Crippen molar-refractivity contribution in [3.05, 3.63) is 81.2 Å². The van der Waals surface area contributed by atoms with Gasteiger partial charge >= 0.3 is 12.3 Å². The van der Waals surface area contributed by atoms with E-state index < -0.39 is 35.3 Å². The lowest BCUT2D eigenvalue weighted by Gasteiger charge is -2.20. The van der Waals surface area contributed by atoms with Crippen LogP contribution in [-0.4, -0.2) is 35.4 Å². The molecule has 0 aliphatic heterocycles. The highest BCUT2D eigenvalue weighted by molar-refractivity contribution is 6.31. The Morgan fingerprint density at radius 2 is 1.59 bits per heavy atom. The number of methoxy groups -OCH3 is 1. The van der Waals surface area contributed by atoms with Gasteiger partial charge in [-0.15, -0.1) is 13.2 Å². The number of rotatable bonds is 8. The van der Waals surface area contributed by atoms with E-state index in [1.807, 2.05) is 0 Å². The van der Waals surface area contributed by atoms with Gasteiger partial charge in [-0.05, 0) is 63.6 Å². The van der Waals surface area contributed by atoms with Crippen LogP contribution in [0.5, 0.6) is 11.5 Å². The molecule has 2 aromatic carbocycles. The van der Waals surface area contributed by atoms with Crippen molar-refractivity contribution in [2.24, 2.45) is 0 Å². The minimum Gasteiger partial charge on any atom is -0.495 e. The number of ether oxygens (including phenoxy) is 3. The fraction of sp³-hybridized carbons (Fsp3) is 0.321. The van der Waals surface area contributed by atoms with Gasteiger partial charge in [0.1, 0.15) is 17.1 Å². The summed E-state index contributed by atoms with van der Waals surface area (Å²) >= 11 is 6.00. The zero-order valence-corrected chi connectivity index (χ0v) is 22.6. The van der Waals surface area contributed by atoms with Gasteiger partial charge in [-0.2, -0.15) is 0 Å². The Morgan fingerprint density at radius 1 is 0.974 bits per heavy atom. The second-order valence-corrected chi connectivity index (χ2v) is 10.1. The summed E-state index contributed by atoms with van der Waals surface area (Å²) in [7, 11) is 1.28. The van der Waals surface area contributed by atoms with Gasteiger partial charge in [0.25, 0.3) is 5.56 Å². The van der Waals surface area contributed by atoms with Crippen molar-refractivity contribution >= 4 is 23.4 Å². The molecule has 1 atom stereocenters. The summed E-state index contributed by atoms with van der Waals surface area (Å²) < 4.78 is 54.8. The Labute approximate surface area is 228 Å². The third-order valence-electron chi connectivity index (χ3n) is 5.57. The molecule has 0 amide bonds. The zero-order chi connectivity index (χ0) is 29.1. The maximum atomic E-state index is 13.0. The average molecular weight is 566 g/mol. The number of pyridine rings is 1. The number of ketones is 1. The van der Waals surface area contributed by atoms with E-state index in [-0.39, 0.29) is 34.1 Å². The van der Waals surface area contributed by atoms with Gasteiger partial charge in [0.15, 0.2) is 5.78 Å². The van der Waals surface area contributed by atoms with Crippen molar-refractivity contribution in [2.75, 3.05) is 7.11 Å². The van der Waals surface area contributed by atoms with Crippen molar-refractivity contribution in [2.45, 2.75) is 52.1 Å². The number of aromatic nitrogens is 1. The van der Waals surface area contributed by atoms with Crippen LogP contribution in [-0.2, 0) is 16.0 Å². The molecule has 0 N–H and O–H groups in total. The van der Waals surface area contributed by atoms with E-state index >= 15 is 0 Å². The number of Topliss-reactive ketones (excluding diaryl/α,β-unsaturated/α-hetero) is 1. The third kappa shape index (κ3) is 7.86. The Hall–Kier alpha value is -3.79. The highest BCUT2D eigenvalue weighted by Gasteiger charge is 2.33. The molecule has 3 aromatic rings. The minimum absolute atomic E-state index is 0.0119. The molecule has 0 fully saturated rings. The topological polar surface area (TPSA) is 83.8 Å². The van der Waals surface area contributed by atoms with Crippen LogP contribution in [0.3, 0.4) is 0 Å². The van der Waals surface area contributed by atoms with Crippen molar-refractivity contribution in [1.29, 1.82) is 0 Å². The zero-order valence-electron chi connectivity index (χ0n) is 21.9. The van der Waals surface area contributed by atoms with Crippen LogP contribution in [0.2, 0.25) is 5.02 Å². The number of benzene rings is 2. The fourth-order valence-electron chi connectivity index (χ4n) is 3.73. The average Bonchev–Trinajstić information content (AvgIpc) is 2.83. The summed E-state index contributed by atoms with van der Waals surface area (Å²) in [5.74, 6) is -1.34. The highest BCUT2D eigenvalue weighted by Crippen LogP contribution is 2.39. The van der Waals surface area contributed by atoms with E-state index in [1.165, 1.54) is 32.4 Å². The lowest BCUT2D eigenvalue weighted by Crippen LogP contribution is -2.28.